The number of hydrogen-bond acceptors (Lipinski definition) is 6. The average Bonchev–Trinajstić information content (AvgIpc) is 3.22. The highest BCUT2D eigenvalue weighted by molar-refractivity contribution is 6.21. The molecule has 4 N–H and O–H groups in total. The molecule has 0 unspecified atom stereocenters. The van der Waals surface area contributed by atoms with E-state index in [0.29, 0.717) is 0 Å². The van der Waals surface area contributed by atoms with E-state index < -0.39 is 29.0 Å². The lowest BCUT2D eigenvalue weighted by atomic mass is 9.92. The second kappa shape index (κ2) is 4.70. The molecule has 2 heterocycles. The van der Waals surface area contributed by atoms with Gasteiger partial charge in [0.25, 0.3) is 0 Å². The van der Waals surface area contributed by atoms with E-state index in [1.54, 1.807) is 0 Å². The minimum atomic E-state index is -1.10. The topological polar surface area (TPSA) is 111 Å². The zero-order valence-electron chi connectivity index (χ0n) is 10.6. The van der Waals surface area contributed by atoms with Gasteiger partial charge in [-0.05, 0) is 24.8 Å². The molecule has 20 heavy (non-hydrogen) atoms. The lowest BCUT2D eigenvalue weighted by Gasteiger charge is -2.30. The molecule has 1 saturated heterocycles. The molecule has 0 bridgehead atoms. The van der Waals surface area contributed by atoms with Crippen LogP contribution in [0.25, 0.3) is 0 Å². The van der Waals surface area contributed by atoms with Crippen molar-refractivity contribution in [3.05, 3.63) is 22.7 Å². The highest BCUT2D eigenvalue weighted by atomic mass is 35.5. The third-order valence-corrected chi connectivity index (χ3v) is 4.51. The minimum absolute atomic E-state index is 0.0613. The molecule has 0 radical (unpaired) electrons. The number of aliphatic hydroxyl groups is 2. The van der Waals surface area contributed by atoms with Crippen molar-refractivity contribution in [2.75, 3.05) is 12.3 Å². The Bertz CT molecular complexity index is 576. The van der Waals surface area contributed by atoms with Crippen LogP contribution in [0, 0.1) is 5.92 Å². The first-order valence-electron chi connectivity index (χ1n) is 6.45. The Morgan fingerprint density at radius 3 is 2.85 bits per heavy atom. The van der Waals surface area contributed by atoms with Gasteiger partial charge in [0.2, 0.25) is 0 Å². The van der Waals surface area contributed by atoms with E-state index in [1.165, 1.54) is 16.8 Å². The van der Waals surface area contributed by atoms with Crippen LogP contribution in [0.1, 0.15) is 19.1 Å². The van der Waals surface area contributed by atoms with E-state index in [4.69, 9.17) is 22.1 Å². The normalized spacial score (nSPS) is 37.2. The lowest BCUT2D eigenvalue weighted by molar-refractivity contribution is -0.141. The fourth-order valence-corrected chi connectivity index (χ4v) is 3.17. The van der Waals surface area contributed by atoms with Crippen molar-refractivity contribution >= 4 is 17.4 Å². The molecule has 2 fully saturated rings. The molecule has 1 aliphatic heterocycles. The number of aromatic nitrogens is 2. The fraction of sp³-hybridized carbons (Fsp3) is 0.667. The number of alkyl halides is 1. The third-order valence-electron chi connectivity index (χ3n) is 4.06. The van der Waals surface area contributed by atoms with Crippen molar-refractivity contribution in [2.45, 2.75) is 36.2 Å². The number of hydrogen-bond donors (Lipinski definition) is 3. The largest absolute Gasteiger partial charge is 0.393 e. The van der Waals surface area contributed by atoms with Gasteiger partial charge in [0.05, 0.1) is 6.61 Å². The van der Waals surface area contributed by atoms with Gasteiger partial charge in [0, 0.05) is 6.20 Å². The summed E-state index contributed by atoms with van der Waals surface area (Å²) in [5.74, 6) is 0.165. The fourth-order valence-electron chi connectivity index (χ4n) is 2.78. The average molecular weight is 302 g/mol. The lowest BCUT2D eigenvalue weighted by Crippen LogP contribution is -2.47. The minimum Gasteiger partial charge on any atom is -0.393 e. The van der Waals surface area contributed by atoms with Crippen LogP contribution in [0.5, 0.6) is 0 Å². The van der Waals surface area contributed by atoms with Crippen molar-refractivity contribution in [1.29, 1.82) is 0 Å². The Kier molecular flexibility index (Phi) is 3.24. The number of nitrogen functional groups attached to an aromatic ring is 1. The molecule has 4 atom stereocenters. The molecule has 1 saturated carbocycles. The van der Waals surface area contributed by atoms with E-state index in [9.17, 15) is 15.0 Å². The number of nitrogens with zero attached hydrogens (tertiary/aromatic N) is 2. The van der Waals surface area contributed by atoms with Crippen molar-refractivity contribution in [2.24, 2.45) is 5.92 Å². The molecule has 8 heteroatoms. The summed E-state index contributed by atoms with van der Waals surface area (Å²) in [4.78, 5) is 15.5. The van der Waals surface area contributed by atoms with Crippen LogP contribution >= 0.6 is 11.6 Å². The summed E-state index contributed by atoms with van der Waals surface area (Å²) in [6.45, 7) is -0.338. The molecule has 3 rings (SSSR count). The molecule has 0 spiro atoms. The maximum atomic E-state index is 11.9. The van der Waals surface area contributed by atoms with Crippen LogP contribution in [0.3, 0.4) is 0 Å². The van der Waals surface area contributed by atoms with Crippen LogP contribution in [-0.2, 0) is 4.74 Å². The molecule has 0 amide bonds. The molecule has 2 aliphatic rings. The van der Waals surface area contributed by atoms with Crippen LogP contribution in [0.15, 0.2) is 17.1 Å². The Morgan fingerprint density at radius 1 is 1.60 bits per heavy atom. The predicted octanol–water partition coefficient (Wildman–Crippen LogP) is -0.536. The molecular weight excluding hydrogens is 286 g/mol. The van der Waals surface area contributed by atoms with Crippen molar-refractivity contribution in [3.63, 3.8) is 0 Å². The Hall–Kier alpha value is -1.15. The smallest absolute Gasteiger partial charge is 0.351 e. The molecule has 1 aromatic heterocycles. The van der Waals surface area contributed by atoms with Crippen LogP contribution in [-0.4, -0.2) is 43.5 Å². The Labute approximate surface area is 119 Å². The number of rotatable bonds is 3. The molecule has 7 nitrogen and oxygen atoms in total. The van der Waals surface area contributed by atoms with Gasteiger partial charge in [-0.1, -0.05) is 0 Å². The van der Waals surface area contributed by atoms with Gasteiger partial charge in [0.15, 0.2) is 6.23 Å². The zero-order chi connectivity index (χ0) is 14.5. The molecule has 110 valence electrons. The first-order valence-corrected chi connectivity index (χ1v) is 6.88. The second-order valence-corrected chi connectivity index (χ2v) is 5.83. The zero-order valence-corrected chi connectivity index (χ0v) is 11.4. The summed E-state index contributed by atoms with van der Waals surface area (Å²) >= 11 is 6.20. The third kappa shape index (κ3) is 1.93. The number of anilines is 1. The first kappa shape index (κ1) is 13.8. The highest BCUT2D eigenvalue weighted by Gasteiger charge is 2.61. The molecular formula is C12H16ClN3O4. The standard InChI is InChI=1S/C12H16ClN3O4/c13-8-9(18)12(5-17,6-1-2-6)20-10(8)16-4-3-7(14)15-11(16)19/h3-4,6,8-10,17-18H,1-2,5H2,(H2,14,15,19)/t8-,9-,10+,12-/m0/s1. The van der Waals surface area contributed by atoms with Crippen LogP contribution in [0.2, 0.25) is 0 Å². The van der Waals surface area contributed by atoms with E-state index in [0.717, 1.165) is 12.8 Å². The predicted molar refractivity (Wildman–Crippen MR) is 71.2 cm³/mol. The van der Waals surface area contributed by atoms with Gasteiger partial charge >= 0.3 is 5.69 Å². The number of halogens is 1. The summed E-state index contributed by atoms with van der Waals surface area (Å²) in [6.07, 6.45) is 1.24. The van der Waals surface area contributed by atoms with Crippen molar-refractivity contribution in [3.8, 4) is 0 Å². The van der Waals surface area contributed by atoms with Gasteiger partial charge in [-0.3, -0.25) is 4.57 Å². The van der Waals surface area contributed by atoms with Gasteiger partial charge in [-0.15, -0.1) is 11.6 Å². The molecule has 0 aromatic carbocycles. The highest BCUT2D eigenvalue weighted by Crippen LogP contribution is 2.52. The number of aliphatic hydroxyl groups excluding tert-OH is 2. The van der Waals surface area contributed by atoms with Gasteiger partial charge in [-0.25, -0.2) is 4.79 Å². The Balaban J connectivity index is 1.97. The number of nitrogens with two attached hydrogens (primary N) is 1. The van der Waals surface area contributed by atoms with Crippen molar-refractivity contribution < 1.29 is 14.9 Å². The second-order valence-electron chi connectivity index (χ2n) is 5.33. The summed E-state index contributed by atoms with van der Waals surface area (Å²) in [7, 11) is 0. The maximum absolute atomic E-state index is 11.9. The summed E-state index contributed by atoms with van der Waals surface area (Å²) in [6, 6.07) is 1.46. The van der Waals surface area contributed by atoms with Crippen LogP contribution in [0.4, 0.5) is 5.82 Å². The van der Waals surface area contributed by atoms with E-state index in [-0.39, 0.29) is 18.3 Å². The van der Waals surface area contributed by atoms with E-state index in [2.05, 4.69) is 4.98 Å². The first-order chi connectivity index (χ1) is 9.49. The van der Waals surface area contributed by atoms with Crippen LogP contribution < -0.4 is 11.4 Å². The quantitative estimate of drug-likeness (QED) is 0.647. The van der Waals surface area contributed by atoms with Gasteiger partial charge in [-0.2, -0.15) is 4.98 Å². The SMILES string of the molecule is Nc1ccn([C@@H]2O[C@@](CO)(C3CC3)[C@@H](O)[C@@H]2Cl)c(=O)n1. The van der Waals surface area contributed by atoms with E-state index >= 15 is 0 Å². The van der Waals surface area contributed by atoms with Gasteiger partial charge < -0.3 is 20.7 Å². The van der Waals surface area contributed by atoms with E-state index in [1.807, 2.05) is 0 Å². The maximum Gasteiger partial charge on any atom is 0.351 e. The summed E-state index contributed by atoms with van der Waals surface area (Å²) in [5.41, 5.74) is 3.74. The molecule has 1 aromatic rings. The summed E-state index contributed by atoms with van der Waals surface area (Å²) in [5, 5.41) is 19.1. The van der Waals surface area contributed by atoms with Gasteiger partial charge in [0.1, 0.15) is 22.9 Å². The Morgan fingerprint density at radius 2 is 2.30 bits per heavy atom. The summed E-state index contributed by atoms with van der Waals surface area (Å²) < 4.78 is 7.00. The monoisotopic (exact) mass is 301 g/mol. The van der Waals surface area contributed by atoms with Crippen molar-refractivity contribution in [1.82, 2.24) is 9.55 Å². The molecule has 1 aliphatic carbocycles. The number of ether oxygens (including phenoxy) is 1.